The molecule has 110 valence electrons. The fourth-order valence-corrected chi connectivity index (χ4v) is 2.90. The van der Waals surface area contributed by atoms with Crippen LogP contribution >= 0.6 is 11.6 Å². The lowest BCUT2D eigenvalue weighted by Gasteiger charge is -2.12. The van der Waals surface area contributed by atoms with E-state index in [1.54, 1.807) is 0 Å². The van der Waals surface area contributed by atoms with Gasteiger partial charge in [-0.15, -0.1) is 0 Å². The zero-order valence-corrected chi connectivity index (χ0v) is 13.0. The van der Waals surface area contributed by atoms with Crippen LogP contribution in [0.3, 0.4) is 0 Å². The molecule has 3 rings (SSSR count). The summed E-state index contributed by atoms with van der Waals surface area (Å²) in [6.07, 6.45) is 2.13. The van der Waals surface area contributed by atoms with E-state index in [1.165, 1.54) is 22.3 Å². The van der Waals surface area contributed by atoms with Gasteiger partial charge in [0.05, 0.1) is 6.61 Å². The Balaban J connectivity index is 1.94. The molecule has 0 atom stereocenters. The van der Waals surface area contributed by atoms with E-state index in [9.17, 15) is 0 Å². The molecule has 3 heteroatoms. The molecular weight excluding hydrogens is 282 g/mol. The van der Waals surface area contributed by atoms with Crippen LogP contribution in [0.15, 0.2) is 36.4 Å². The van der Waals surface area contributed by atoms with Crippen LogP contribution in [0, 0.1) is 0 Å². The van der Waals surface area contributed by atoms with E-state index >= 15 is 0 Å². The molecule has 1 N–H and O–H groups in total. The van der Waals surface area contributed by atoms with Crippen LogP contribution in [0.5, 0.6) is 5.75 Å². The van der Waals surface area contributed by atoms with Gasteiger partial charge in [-0.1, -0.05) is 30.7 Å². The van der Waals surface area contributed by atoms with Gasteiger partial charge in [-0.3, -0.25) is 0 Å². The van der Waals surface area contributed by atoms with Gasteiger partial charge in [-0.2, -0.15) is 0 Å². The van der Waals surface area contributed by atoms with Gasteiger partial charge in [0, 0.05) is 18.0 Å². The van der Waals surface area contributed by atoms with Gasteiger partial charge in [-0.25, -0.2) is 0 Å². The number of nitrogens with one attached hydrogen (secondary N) is 1. The summed E-state index contributed by atoms with van der Waals surface area (Å²) in [4.78, 5) is 0. The first-order valence-electron chi connectivity index (χ1n) is 7.53. The molecule has 2 nitrogen and oxygen atoms in total. The molecule has 0 saturated heterocycles. The van der Waals surface area contributed by atoms with Crippen LogP contribution in [0.4, 0.5) is 0 Å². The molecule has 0 fully saturated rings. The number of ether oxygens (including phenoxy) is 1. The van der Waals surface area contributed by atoms with Gasteiger partial charge in [0.25, 0.3) is 0 Å². The Morgan fingerprint density at radius 3 is 2.95 bits per heavy atom. The zero-order valence-electron chi connectivity index (χ0n) is 12.3. The molecule has 0 radical (unpaired) electrons. The summed E-state index contributed by atoms with van der Waals surface area (Å²) in [6.45, 7) is 4.86. The van der Waals surface area contributed by atoms with Crippen molar-refractivity contribution in [2.45, 2.75) is 26.3 Å². The summed E-state index contributed by atoms with van der Waals surface area (Å²) in [7, 11) is 0. The lowest BCUT2D eigenvalue weighted by atomic mass is 9.97. The van der Waals surface area contributed by atoms with Crippen LogP contribution in [0.2, 0.25) is 5.02 Å². The van der Waals surface area contributed by atoms with Crippen molar-refractivity contribution < 1.29 is 4.74 Å². The molecule has 2 aromatic rings. The van der Waals surface area contributed by atoms with Gasteiger partial charge in [0.1, 0.15) is 5.75 Å². The molecule has 0 saturated carbocycles. The van der Waals surface area contributed by atoms with E-state index in [0.717, 1.165) is 43.3 Å². The Morgan fingerprint density at radius 2 is 2.10 bits per heavy atom. The predicted octanol–water partition coefficient (Wildman–Crippen LogP) is 4.44. The molecule has 1 aliphatic rings. The Labute approximate surface area is 131 Å². The van der Waals surface area contributed by atoms with Gasteiger partial charge in [0.15, 0.2) is 0 Å². The molecule has 0 amide bonds. The second kappa shape index (κ2) is 6.50. The molecule has 0 unspecified atom stereocenters. The fourth-order valence-electron chi connectivity index (χ4n) is 2.73. The quantitative estimate of drug-likeness (QED) is 0.824. The van der Waals surface area contributed by atoms with Gasteiger partial charge >= 0.3 is 0 Å². The van der Waals surface area contributed by atoms with E-state index in [0.29, 0.717) is 0 Å². The molecule has 2 aromatic carbocycles. The Morgan fingerprint density at radius 1 is 1.19 bits per heavy atom. The summed E-state index contributed by atoms with van der Waals surface area (Å²) in [6, 6.07) is 12.6. The van der Waals surface area contributed by atoms with Crippen molar-refractivity contribution in [3.63, 3.8) is 0 Å². The molecule has 0 spiro atoms. The topological polar surface area (TPSA) is 21.3 Å². The molecule has 0 aliphatic carbocycles. The molecule has 1 heterocycles. The van der Waals surface area contributed by atoms with Crippen molar-refractivity contribution in [2.24, 2.45) is 0 Å². The summed E-state index contributed by atoms with van der Waals surface area (Å²) in [5.41, 5.74) is 5.00. The average molecular weight is 302 g/mol. The predicted molar refractivity (Wildman–Crippen MR) is 88.1 cm³/mol. The van der Waals surface area contributed by atoms with E-state index in [4.69, 9.17) is 16.3 Å². The van der Waals surface area contributed by atoms with Crippen LogP contribution in [0.1, 0.15) is 24.5 Å². The standard InChI is InChI=1S/C18H20ClNO/c1-2-8-20-12-15-3-5-16(19)11-17(15)13-4-6-18-14(10-13)7-9-21-18/h3-6,10-11,20H,2,7-9,12H2,1H3. The van der Waals surface area contributed by atoms with Crippen LogP contribution in [-0.4, -0.2) is 13.2 Å². The van der Waals surface area contributed by atoms with Gasteiger partial charge in [0.2, 0.25) is 0 Å². The Kier molecular flexibility index (Phi) is 4.47. The molecule has 1 aliphatic heterocycles. The van der Waals surface area contributed by atoms with Gasteiger partial charge < -0.3 is 10.1 Å². The second-order valence-electron chi connectivity index (χ2n) is 5.40. The maximum absolute atomic E-state index is 6.20. The lowest BCUT2D eigenvalue weighted by molar-refractivity contribution is 0.357. The number of hydrogen-bond donors (Lipinski definition) is 1. The fraction of sp³-hybridized carbons (Fsp3) is 0.333. The van der Waals surface area contributed by atoms with Gasteiger partial charge in [-0.05, 0) is 59.5 Å². The minimum atomic E-state index is 0.779. The number of rotatable bonds is 5. The Bertz CT molecular complexity index is 639. The van der Waals surface area contributed by atoms with Crippen molar-refractivity contribution in [2.75, 3.05) is 13.2 Å². The largest absolute Gasteiger partial charge is 0.493 e. The summed E-state index contributed by atoms with van der Waals surface area (Å²) < 4.78 is 5.58. The van der Waals surface area contributed by atoms with Crippen LogP contribution in [-0.2, 0) is 13.0 Å². The molecular formula is C18H20ClNO. The van der Waals surface area contributed by atoms with E-state index < -0.39 is 0 Å². The van der Waals surface area contributed by atoms with Crippen molar-refractivity contribution in [1.82, 2.24) is 5.32 Å². The first-order valence-corrected chi connectivity index (χ1v) is 7.91. The minimum absolute atomic E-state index is 0.779. The van der Waals surface area contributed by atoms with Crippen LogP contribution < -0.4 is 10.1 Å². The smallest absolute Gasteiger partial charge is 0.122 e. The number of fused-ring (bicyclic) bond motifs is 1. The number of hydrogen-bond acceptors (Lipinski definition) is 2. The van der Waals surface area contributed by atoms with Crippen molar-refractivity contribution >= 4 is 11.6 Å². The van der Waals surface area contributed by atoms with Crippen molar-refractivity contribution in [3.8, 4) is 16.9 Å². The van der Waals surface area contributed by atoms with Crippen molar-refractivity contribution in [3.05, 3.63) is 52.5 Å². The zero-order chi connectivity index (χ0) is 14.7. The molecule has 0 aromatic heterocycles. The van der Waals surface area contributed by atoms with E-state index in [2.05, 4.69) is 42.6 Å². The highest BCUT2D eigenvalue weighted by molar-refractivity contribution is 6.30. The third kappa shape index (κ3) is 3.22. The first kappa shape index (κ1) is 14.4. The van der Waals surface area contributed by atoms with Crippen molar-refractivity contribution in [1.29, 1.82) is 0 Å². The first-order chi connectivity index (χ1) is 10.3. The normalized spacial score (nSPS) is 13.0. The van der Waals surface area contributed by atoms with E-state index in [1.807, 2.05) is 6.07 Å². The molecule has 21 heavy (non-hydrogen) atoms. The lowest BCUT2D eigenvalue weighted by Crippen LogP contribution is -2.14. The third-order valence-electron chi connectivity index (χ3n) is 3.81. The highest BCUT2D eigenvalue weighted by atomic mass is 35.5. The summed E-state index contributed by atoms with van der Waals surface area (Å²) in [5.74, 6) is 1.02. The highest BCUT2D eigenvalue weighted by Gasteiger charge is 2.14. The number of benzene rings is 2. The minimum Gasteiger partial charge on any atom is -0.493 e. The maximum atomic E-state index is 6.20. The Hall–Kier alpha value is -1.51. The highest BCUT2D eigenvalue weighted by Crippen LogP contribution is 2.33. The average Bonchev–Trinajstić information content (AvgIpc) is 2.96. The SMILES string of the molecule is CCCNCc1ccc(Cl)cc1-c1ccc2c(c1)CCO2. The maximum Gasteiger partial charge on any atom is 0.122 e. The number of halogens is 1. The molecule has 0 bridgehead atoms. The van der Waals surface area contributed by atoms with Crippen LogP contribution in [0.25, 0.3) is 11.1 Å². The summed E-state index contributed by atoms with van der Waals surface area (Å²) >= 11 is 6.20. The summed E-state index contributed by atoms with van der Waals surface area (Å²) in [5, 5.41) is 4.24. The third-order valence-corrected chi connectivity index (χ3v) is 4.05. The van der Waals surface area contributed by atoms with E-state index in [-0.39, 0.29) is 0 Å². The monoisotopic (exact) mass is 301 g/mol. The second-order valence-corrected chi connectivity index (χ2v) is 5.84.